The molecule has 2 nitrogen and oxygen atoms in total. The van der Waals surface area contributed by atoms with Gasteiger partial charge in [-0.15, -0.1) is 0 Å². The van der Waals surface area contributed by atoms with Crippen molar-refractivity contribution in [3.8, 4) is 0 Å². The van der Waals surface area contributed by atoms with Crippen molar-refractivity contribution in [2.24, 2.45) is 4.99 Å². The van der Waals surface area contributed by atoms with Crippen LogP contribution < -0.4 is 5.32 Å². The third-order valence-electron chi connectivity index (χ3n) is 0.929. The Bertz CT molecular complexity index is 68.9. The maximum Gasteiger partial charge on any atom is 0.0959 e. The van der Waals surface area contributed by atoms with Gasteiger partial charge in [-0.2, -0.15) is 0 Å². The van der Waals surface area contributed by atoms with Crippen LogP contribution in [0.2, 0.25) is 0 Å². The molecule has 0 spiro atoms. The lowest BCUT2D eigenvalue weighted by Crippen LogP contribution is -2.18. The second kappa shape index (κ2) is 4.78. The van der Waals surface area contributed by atoms with Gasteiger partial charge < -0.3 is 0 Å². The molecule has 0 aliphatic rings. The molecule has 0 saturated heterocycles. The quantitative estimate of drug-likeness (QED) is 0.544. The average molecular weight is 114 g/mol. The van der Waals surface area contributed by atoms with Gasteiger partial charge in [0.05, 0.1) is 6.17 Å². The van der Waals surface area contributed by atoms with E-state index in [4.69, 9.17) is 0 Å². The molecule has 0 aliphatic heterocycles. The topological polar surface area (TPSA) is 24.4 Å². The van der Waals surface area contributed by atoms with Gasteiger partial charge in [0.25, 0.3) is 0 Å². The molecular formula is C6H14N2. The van der Waals surface area contributed by atoms with E-state index < -0.39 is 0 Å². The smallest absolute Gasteiger partial charge is 0.0959 e. The van der Waals surface area contributed by atoms with Gasteiger partial charge in [-0.3, -0.25) is 10.3 Å². The first-order valence-corrected chi connectivity index (χ1v) is 3.00. The van der Waals surface area contributed by atoms with E-state index in [-0.39, 0.29) is 6.17 Å². The van der Waals surface area contributed by atoms with Crippen LogP contribution in [-0.2, 0) is 0 Å². The van der Waals surface area contributed by atoms with Crippen LogP contribution in [0.5, 0.6) is 0 Å². The molecule has 0 heterocycles. The Balaban J connectivity index is 3.21. The maximum atomic E-state index is 4.12. The number of nitrogens with zero attached hydrogens (tertiary/aromatic N) is 1. The normalized spacial score (nSPS) is 14.9. The van der Waals surface area contributed by atoms with Crippen molar-refractivity contribution >= 4 is 6.21 Å². The first-order valence-electron chi connectivity index (χ1n) is 3.00. The summed E-state index contributed by atoms with van der Waals surface area (Å²) in [6.07, 6.45) is 3.21. The lowest BCUT2D eigenvalue weighted by Gasteiger charge is -2.00. The summed E-state index contributed by atoms with van der Waals surface area (Å²) < 4.78 is 0. The Labute approximate surface area is 51.0 Å². The van der Waals surface area contributed by atoms with Crippen LogP contribution in [0.15, 0.2) is 4.99 Å². The molecule has 0 fully saturated rings. The van der Waals surface area contributed by atoms with Gasteiger partial charge in [0.2, 0.25) is 0 Å². The van der Waals surface area contributed by atoms with Crippen molar-refractivity contribution in [1.29, 1.82) is 0 Å². The molecule has 0 aliphatic carbocycles. The molecule has 8 heavy (non-hydrogen) atoms. The summed E-state index contributed by atoms with van der Waals surface area (Å²) in [5.41, 5.74) is 0. The summed E-state index contributed by atoms with van der Waals surface area (Å²) in [4.78, 5) is 4.12. The first-order chi connectivity index (χ1) is 3.81. The SMILES string of the molecule is CCC=NC(C)NC. The van der Waals surface area contributed by atoms with Gasteiger partial charge in [0.15, 0.2) is 0 Å². The van der Waals surface area contributed by atoms with Gasteiger partial charge in [0.1, 0.15) is 0 Å². The fourth-order valence-corrected chi connectivity index (χ4v) is 0.338. The molecule has 0 bridgehead atoms. The minimum absolute atomic E-state index is 0.273. The Morgan fingerprint density at radius 3 is 2.75 bits per heavy atom. The molecule has 0 amide bonds. The fraction of sp³-hybridized carbons (Fsp3) is 0.833. The second-order valence-corrected chi connectivity index (χ2v) is 1.70. The van der Waals surface area contributed by atoms with Gasteiger partial charge in [-0.1, -0.05) is 6.92 Å². The van der Waals surface area contributed by atoms with Crippen LogP contribution in [0.1, 0.15) is 20.3 Å². The minimum atomic E-state index is 0.273. The van der Waals surface area contributed by atoms with Crippen LogP contribution in [0, 0.1) is 0 Å². The average Bonchev–Trinajstić information content (AvgIpc) is 1.83. The summed E-state index contributed by atoms with van der Waals surface area (Å²) in [6.45, 7) is 4.10. The van der Waals surface area contributed by atoms with Crippen LogP contribution >= 0.6 is 0 Å². The number of rotatable bonds is 3. The largest absolute Gasteiger partial charge is 0.299 e. The maximum absolute atomic E-state index is 4.12. The summed E-state index contributed by atoms with van der Waals surface area (Å²) in [6, 6.07) is 0. The molecule has 1 atom stereocenters. The van der Waals surface area contributed by atoms with Gasteiger partial charge in [-0.25, -0.2) is 0 Å². The van der Waals surface area contributed by atoms with Crippen LogP contribution in [0.3, 0.4) is 0 Å². The summed E-state index contributed by atoms with van der Waals surface area (Å²) in [5, 5.41) is 3.00. The molecule has 1 unspecified atom stereocenters. The van der Waals surface area contributed by atoms with Gasteiger partial charge in [-0.05, 0) is 20.4 Å². The van der Waals surface area contributed by atoms with Crippen LogP contribution in [0.4, 0.5) is 0 Å². The van der Waals surface area contributed by atoms with Crippen molar-refractivity contribution < 1.29 is 0 Å². The van der Waals surface area contributed by atoms with Crippen molar-refractivity contribution in [3.05, 3.63) is 0 Å². The zero-order valence-corrected chi connectivity index (χ0v) is 5.81. The number of hydrogen-bond acceptors (Lipinski definition) is 2. The molecule has 0 aromatic carbocycles. The molecule has 0 rings (SSSR count). The van der Waals surface area contributed by atoms with Gasteiger partial charge >= 0.3 is 0 Å². The van der Waals surface area contributed by atoms with E-state index in [1.54, 1.807) is 0 Å². The van der Waals surface area contributed by atoms with E-state index in [0.29, 0.717) is 0 Å². The number of hydrogen-bond donors (Lipinski definition) is 1. The Morgan fingerprint density at radius 2 is 2.38 bits per heavy atom. The molecular weight excluding hydrogens is 100 g/mol. The predicted octanol–water partition coefficient (Wildman–Crippen LogP) is 1.03. The molecule has 1 N–H and O–H groups in total. The van der Waals surface area contributed by atoms with Crippen molar-refractivity contribution in [2.75, 3.05) is 7.05 Å². The highest BCUT2D eigenvalue weighted by molar-refractivity contribution is 5.56. The van der Waals surface area contributed by atoms with E-state index in [0.717, 1.165) is 6.42 Å². The highest BCUT2D eigenvalue weighted by Crippen LogP contribution is 1.79. The first kappa shape index (κ1) is 7.63. The van der Waals surface area contributed by atoms with Crippen LogP contribution in [-0.4, -0.2) is 19.4 Å². The zero-order chi connectivity index (χ0) is 6.41. The van der Waals surface area contributed by atoms with E-state index in [1.807, 2.05) is 20.2 Å². The Kier molecular flexibility index (Phi) is 4.56. The van der Waals surface area contributed by atoms with Crippen molar-refractivity contribution in [2.45, 2.75) is 26.4 Å². The standard InChI is InChI=1S/C6H14N2/c1-4-5-8-6(2)7-3/h5-7H,4H2,1-3H3. The molecule has 48 valence electrons. The Morgan fingerprint density at radius 1 is 1.75 bits per heavy atom. The Hall–Kier alpha value is -0.370. The van der Waals surface area contributed by atoms with E-state index >= 15 is 0 Å². The van der Waals surface area contributed by atoms with Gasteiger partial charge in [0, 0.05) is 6.21 Å². The van der Waals surface area contributed by atoms with E-state index in [2.05, 4.69) is 17.2 Å². The second-order valence-electron chi connectivity index (χ2n) is 1.70. The highest BCUT2D eigenvalue weighted by Gasteiger charge is 1.85. The molecule has 0 saturated carbocycles. The highest BCUT2D eigenvalue weighted by atomic mass is 15.0. The third kappa shape index (κ3) is 3.81. The summed E-state index contributed by atoms with van der Waals surface area (Å²) >= 11 is 0. The lowest BCUT2D eigenvalue weighted by molar-refractivity contribution is 0.643. The van der Waals surface area contributed by atoms with Crippen LogP contribution in [0.25, 0.3) is 0 Å². The summed E-state index contributed by atoms with van der Waals surface area (Å²) in [5.74, 6) is 0. The lowest BCUT2D eigenvalue weighted by atomic mass is 10.5. The van der Waals surface area contributed by atoms with E-state index in [9.17, 15) is 0 Å². The molecule has 0 aromatic rings. The number of aliphatic imine (C=N–C) groups is 1. The predicted molar refractivity (Wildman–Crippen MR) is 37.3 cm³/mol. The van der Waals surface area contributed by atoms with E-state index in [1.165, 1.54) is 0 Å². The zero-order valence-electron chi connectivity index (χ0n) is 5.81. The molecule has 0 radical (unpaired) electrons. The minimum Gasteiger partial charge on any atom is -0.299 e. The van der Waals surface area contributed by atoms with Crippen molar-refractivity contribution in [1.82, 2.24) is 5.32 Å². The monoisotopic (exact) mass is 114 g/mol. The molecule has 0 aromatic heterocycles. The molecule has 2 heteroatoms. The third-order valence-corrected chi connectivity index (χ3v) is 0.929. The summed E-state index contributed by atoms with van der Waals surface area (Å²) in [7, 11) is 1.90. The fourth-order valence-electron chi connectivity index (χ4n) is 0.338. The van der Waals surface area contributed by atoms with Crippen molar-refractivity contribution in [3.63, 3.8) is 0 Å². The number of nitrogens with one attached hydrogen (secondary N) is 1.